The lowest BCUT2D eigenvalue weighted by molar-refractivity contribution is -0.140. The number of unbranched alkanes of at least 4 members (excludes halogenated alkanes) is 2. The molecule has 1 aliphatic rings. The molecule has 0 saturated carbocycles. The van der Waals surface area contributed by atoms with Crippen LogP contribution in [0, 0.1) is 11.8 Å². The normalized spacial score (nSPS) is 20.4. The van der Waals surface area contributed by atoms with Crippen LogP contribution in [0.4, 0.5) is 0 Å². The van der Waals surface area contributed by atoms with Crippen molar-refractivity contribution in [1.29, 1.82) is 0 Å². The molecule has 0 bridgehead atoms. The minimum Gasteiger partial charge on any atom is -0.347 e. The number of thioether (sulfide) groups is 1. The summed E-state index contributed by atoms with van der Waals surface area (Å²) in [5.74, 6) is -3.85. The first-order chi connectivity index (χ1) is 26.5. The molecule has 0 aliphatic carbocycles. The second kappa shape index (κ2) is 21.2. The predicted molar refractivity (Wildman–Crippen MR) is 216 cm³/mol. The number of carbonyl (C=O) groups is 6. The Balaban J connectivity index is 1.70. The van der Waals surface area contributed by atoms with Gasteiger partial charge in [-0.25, -0.2) is 0 Å². The van der Waals surface area contributed by atoms with Crippen LogP contribution in [-0.2, 0) is 33.5 Å². The monoisotopic (exact) mass is 769 g/mol. The maximum Gasteiger partial charge on any atom is 0.245 e. The van der Waals surface area contributed by atoms with Crippen molar-refractivity contribution >= 4 is 47.1 Å². The Kier molecular flexibility index (Phi) is 16.5. The van der Waals surface area contributed by atoms with E-state index < -0.39 is 52.3 Å². The Bertz CT molecular complexity index is 1650. The number of nitrogens with one attached hydrogen (secondary N) is 4. The van der Waals surface area contributed by atoms with Crippen LogP contribution in [0.2, 0.25) is 0 Å². The Labute approximate surface area is 329 Å². The Morgan fingerprint density at radius 1 is 0.727 bits per heavy atom. The first-order valence-corrected chi connectivity index (χ1v) is 20.2. The number of ketones is 1. The van der Waals surface area contributed by atoms with Gasteiger partial charge < -0.3 is 26.2 Å². The molecule has 1 heterocycles. The molecular formula is C43H55N5O6S. The number of hydrogen-bond acceptors (Lipinski definition) is 7. The summed E-state index contributed by atoms with van der Waals surface area (Å²) < 4.78 is -0.801. The fraction of sp³-hybridized carbons (Fsp3) is 0.442. The molecule has 1 saturated heterocycles. The van der Waals surface area contributed by atoms with E-state index in [0.717, 1.165) is 36.0 Å². The molecule has 0 radical (unpaired) electrons. The average Bonchev–Trinajstić information content (AvgIpc) is 3.20. The molecule has 0 unspecified atom stereocenters. The van der Waals surface area contributed by atoms with E-state index in [1.54, 1.807) is 6.92 Å². The first kappa shape index (κ1) is 42.8. The van der Waals surface area contributed by atoms with Crippen molar-refractivity contribution in [3.8, 4) is 0 Å². The smallest absolute Gasteiger partial charge is 0.245 e. The third-order valence-electron chi connectivity index (χ3n) is 10.1. The first-order valence-electron chi connectivity index (χ1n) is 19.2. The standard InChI is InChI=1S/C43H55N5O6S/c1-5-7-11-18-30(3)39-42(54)48(4)28-38(51)46-36(41(53)44-26-35(49)25-31(6-2)40(52)45-27-37(50)47-39)29-55-43(32-19-12-8-13-20-32,33-21-14-9-15-22-33)34-23-16-10-17-24-34/h8-10,12-17,19-24,30-31,36,39H,5-7,11,18,25-29H2,1-4H3,(H,44,53)(H,45,52)(H,46,51)(H,47,50)/t30-,31+,36-,39-/m0/s1. The van der Waals surface area contributed by atoms with E-state index in [1.807, 2.05) is 97.9 Å². The van der Waals surface area contributed by atoms with Crippen molar-refractivity contribution in [2.45, 2.75) is 76.1 Å². The number of amides is 5. The highest BCUT2D eigenvalue weighted by atomic mass is 32.2. The summed E-state index contributed by atoms with van der Waals surface area (Å²) in [6.07, 6.45) is 3.67. The second-order valence-corrected chi connectivity index (χ2v) is 15.4. The molecule has 3 aromatic rings. The molecule has 294 valence electrons. The molecule has 4 atom stereocenters. The van der Waals surface area contributed by atoms with E-state index in [1.165, 1.54) is 23.7 Å². The number of likely N-dealkylation sites (N-methyl/N-ethyl adjacent to an activating group) is 1. The maximum absolute atomic E-state index is 14.0. The van der Waals surface area contributed by atoms with Gasteiger partial charge >= 0.3 is 0 Å². The highest BCUT2D eigenvalue weighted by Crippen LogP contribution is 2.48. The summed E-state index contributed by atoms with van der Waals surface area (Å²) >= 11 is 1.48. The Morgan fingerprint density at radius 3 is 1.80 bits per heavy atom. The number of rotatable bonds is 12. The van der Waals surface area contributed by atoms with Gasteiger partial charge in [0.1, 0.15) is 12.1 Å². The predicted octanol–water partition coefficient (Wildman–Crippen LogP) is 4.59. The highest BCUT2D eigenvalue weighted by molar-refractivity contribution is 8.00. The molecule has 3 aromatic carbocycles. The number of nitrogens with zero attached hydrogens (tertiary/aromatic N) is 1. The molecular weight excluding hydrogens is 715 g/mol. The highest BCUT2D eigenvalue weighted by Gasteiger charge is 2.39. The number of carbonyl (C=O) groups excluding carboxylic acids is 6. The van der Waals surface area contributed by atoms with Gasteiger partial charge in [0.15, 0.2) is 5.78 Å². The minimum absolute atomic E-state index is 0.0925. The van der Waals surface area contributed by atoms with Crippen LogP contribution in [0.1, 0.15) is 76.0 Å². The molecule has 4 N–H and O–H groups in total. The van der Waals surface area contributed by atoms with E-state index in [9.17, 15) is 28.8 Å². The van der Waals surface area contributed by atoms with Gasteiger partial charge in [-0.05, 0) is 35.4 Å². The average molecular weight is 770 g/mol. The number of hydrogen-bond donors (Lipinski definition) is 4. The Morgan fingerprint density at radius 2 is 1.27 bits per heavy atom. The number of Topliss-reactive ketones (excluding diaryl/α,β-unsaturated/α-hetero) is 1. The third kappa shape index (κ3) is 11.8. The van der Waals surface area contributed by atoms with E-state index in [4.69, 9.17) is 0 Å². The summed E-state index contributed by atoms with van der Waals surface area (Å²) in [6, 6.07) is 27.8. The third-order valence-corrected chi connectivity index (χ3v) is 11.7. The molecule has 55 heavy (non-hydrogen) atoms. The molecule has 1 aliphatic heterocycles. The Hall–Kier alpha value is -4.97. The lowest BCUT2D eigenvalue weighted by Crippen LogP contribution is -2.56. The van der Waals surface area contributed by atoms with Gasteiger partial charge in [-0.2, -0.15) is 0 Å². The van der Waals surface area contributed by atoms with E-state index in [0.29, 0.717) is 12.8 Å². The lowest BCUT2D eigenvalue weighted by Gasteiger charge is -2.36. The van der Waals surface area contributed by atoms with Gasteiger partial charge in [-0.3, -0.25) is 28.8 Å². The fourth-order valence-corrected chi connectivity index (χ4v) is 8.44. The van der Waals surface area contributed by atoms with Crippen LogP contribution in [-0.4, -0.2) is 84.7 Å². The lowest BCUT2D eigenvalue weighted by atomic mass is 9.84. The van der Waals surface area contributed by atoms with Crippen LogP contribution < -0.4 is 21.3 Å². The minimum atomic E-state index is -1.11. The molecule has 4 rings (SSSR count). The largest absolute Gasteiger partial charge is 0.347 e. The zero-order valence-electron chi connectivity index (χ0n) is 32.3. The van der Waals surface area contributed by atoms with Crippen molar-refractivity contribution in [3.05, 3.63) is 108 Å². The van der Waals surface area contributed by atoms with Crippen molar-refractivity contribution in [2.24, 2.45) is 11.8 Å². The van der Waals surface area contributed by atoms with E-state index >= 15 is 0 Å². The van der Waals surface area contributed by atoms with Gasteiger partial charge in [0, 0.05) is 25.1 Å². The molecule has 12 heteroatoms. The summed E-state index contributed by atoms with van der Waals surface area (Å²) in [4.78, 5) is 82.2. The van der Waals surface area contributed by atoms with Crippen molar-refractivity contribution in [3.63, 3.8) is 0 Å². The van der Waals surface area contributed by atoms with E-state index in [-0.39, 0.29) is 43.5 Å². The summed E-state index contributed by atoms with van der Waals surface area (Å²) in [6.45, 7) is 4.63. The van der Waals surface area contributed by atoms with Crippen molar-refractivity contribution in [2.75, 3.05) is 32.4 Å². The van der Waals surface area contributed by atoms with Gasteiger partial charge in [-0.1, -0.05) is 131 Å². The fourth-order valence-electron chi connectivity index (χ4n) is 6.88. The summed E-state index contributed by atoms with van der Waals surface area (Å²) in [5.41, 5.74) is 2.90. The number of benzene rings is 3. The van der Waals surface area contributed by atoms with Gasteiger partial charge in [0.25, 0.3) is 0 Å². The SMILES string of the molecule is CCCCC[C@H](C)[C@@H]1NC(=O)CNC(=O)[C@H](CC)CC(=O)CNC(=O)[C@H](CSC(c2ccccc2)(c2ccccc2)c2ccccc2)NC(=O)CN(C)C1=O. The molecule has 5 amide bonds. The van der Waals surface area contributed by atoms with Crippen molar-refractivity contribution in [1.82, 2.24) is 26.2 Å². The van der Waals surface area contributed by atoms with Gasteiger partial charge in [-0.15, -0.1) is 11.8 Å². The summed E-state index contributed by atoms with van der Waals surface area (Å²) in [7, 11) is 1.49. The van der Waals surface area contributed by atoms with Crippen LogP contribution in [0.15, 0.2) is 91.0 Å². The molecule has 0 spiro atoms. The van der Waals surface area contributed by atoms with Crippen molar-refractivity contribution < 1.29 is 28.8 Å². The van der Waals surface area contributed by atoms with Crippen LogP contribution in [0.5, 0.6) is 0 Å². The molecule has 11 nitrogen and oxygen atoms in total. The van der Waals surface area contributed by atoms with E-state index in [2.05, 4.69) is 28.2 Å². The van der Waals surface area contributed by atoms with Crippen LogP contribution in [0.3, 0.4) is 0 Å². The van der Waals surface area contributed by atoms with Crippen LogP contribution >= 0.6 is 11.8 Å². The maximum atomic E-state index is 14.0. The van der Waals surface area contributed by atoms with Gasteiger partial charge in [0.05, 0.1) is 24.4 Å². The van der Waals surface area contributed by atoms with Gasteiger partial charge in [0.2, 0.25) is 29.5 Å². The summed E-state index contributed by atoms with van der Waals surface area (Å²) in [5, 5.41) is 11.0. The quantitative estimate of drug-likeness (QED) is 0.155. The topological polar surface area (TPSA) is 154 Å². The zero-order chi connectivity index (χ0) is 39.8. The zero-order valence-corrected chi connectivity index (χ0v) is 33.2. The molecule has 0 aromatic heterocycles. The van der Waals surface area contributed by atoms with Crippen LogP contribution in [0.25, 0.3) is 0 Å². The molecule has 1 fully saturated rings. The second-order valence-electron chi connectivity index (χ2n) is 14.2.